The van der Waals surface area contributed by atoms with E-state index in [1.807, 2.05) is 70.2 Å². The van der Waals surface area contributed by atoms with Gasteiger partial charge in [0.1, 0.15) is 43.0 Å². The molecule has 36 heavy (non-hydrogen) atoms. The molecular formula is C30H34O6. The van der Waals surface area contributed by atoms with E-state index >= 15 is 0 Å². The zero-order chi connectivity index (χ0) is 25.2. The average Bonchev–Trinajstić information content (AvgIpc) is 3.40. The maximum Gasteiger partial charge on any atom is 0.164 e. The van der Waals surface area contributed by atoms with Crippen molar-refractivity contribution < 1.29 is 28.4 Å². The Balaban J connectivity index is 1.16. The van der Waals surface area contributed by atoms with Crippen LogP contribution in [0.2, 0.25) is 0 Å². The van der Waals surface area contributed by atoms with Crippen molar-refractivity contribution in [2.24, 2.45) is 0 Å². The SMILES string of the molecule is CC1(C)OC[C@H]([C@H]2OC(C)(C)O[C@@H]2COc2ccc(-c3ccc(OCc4ccccc4)cc3)cc2)O1. The van der Waals surface area contributed by atoms with Crippen LogP contribution in [0, 0.1) is 0 Å². The smallest absolute Gasteiger partial charge is 0.164 e. The Kier molecular flexibility index (Phi) is 7.04. The summed E-state index contributed by atoms with van der Waals surface area (Å²) in [5.74, 6) is 0.306. The predicted molar refractivity (Wildman–Crippen MR) is 137 cm³/mol. The molecule has 0 spiro atoms. The van der Waals surface area contributed by atoms with E-state index in [-0.39, 0.29) is 18.3 Å². The molecule has 0 aromatic heterocycles. The van der Waals surface area contributed by atoms with Crippen molar-refractivity contribution in [2.45, 2.75) is 64.2 Å². The Morgan fingerprint density at radius 2 is 1.31 bits per heavy atom. The van der Waals surface area contributed by atoms with Crippen LogP contribution in [0.1, 0.15) is 33.3 Å². The number of ether oxygens (including phenoxy) is 6. The third-order valence-electron chi connectivity index (χ3n) is 6.32. The molecule has 190 valence electrons. The van der Waals surface area contributed by atoms with Crippen LogP contribution in [-0.2, 0) is 25.6 Å². The van der Waals surface area contributed by atoms with Crippen molar-refractivity contribution in [1.29, 1.82) is 0 Å². The molecule has 0 unspecified atom stereocenters. The van der Waals surface area contributed by atoms with Crippen LogP contribution in [0.5, 0.6) is 11.5 Å². The first kappa shape index (κ1) is 24.8. The fourth-order valence-corrected chi connectivity index (χ4v) is 4.59. The lowest BCUT2D eigenvalue weighted by Crippen LogP contribution is -2.40. The molecule has 0 N–H and O–H groups in total. The predicted octanol–water partition coefficient (Wildman–Crippen LogP) is 5.98. The van der Waals surface area contributed by atoms with E-state index in [0.29, 0.717) is 19.8 Å². The van der Waals surface area contributed by atoms with Gasteiger partial charge in [0, 0.05) is 0 Å². The highest BCUT2D eigenvalue weighted by atomic mass is 16.8. The lowest BCUT2D eigenvalue weighted by atomic mass is 10.1. The molecule has 0 bridgehead atoms. The average molecular weight is 491 g/mol. The minimum absolute atomic E-state index is 0.197. The summed E-state index contributed by atoms with van der Waals surface area (Å²) >= 11 is 0. The third kappa shape index (κ3) is 6.08. The van der Waals surface area contributed by atoms with Gasteiger partial charge in [-0.05, 0) is 68.7 Å². The summed E-state index contributed by atoms with van der Waals surface area (Å²) in [6.45, 7) is 9.03. The fraction of sp³-hybridized carbons (Fsp3) is 0.400. The van der Waals surface area contributed by atoms with Crippen LogP contribution in [-0.4, -0.2) is 43.1 Å². The minimum atomic E-state index is -0.699. The second-order valence-electron chi connectivity index (χ2n) is 10.1. The normalized spacial score (nSPS) is 24.5. The summed E-state index contributed by atoms with van der Waals surface area (Å²) in [6.07, 6.45) is -0.716. The Bertz CT molecular complexity index is 1120. The summed E-state index contributed by atoms with van der Waals surface area (Å²) in [6, 6.07) is 26.3. The van der Waals surface area contributed by atoms with Gasteiger partial charge in [0.15, 0.2) is 11.6 Å². The van der Waals surface area contributed by atoms with Crippen molar-refractivity contribution in [3.8, 4) is 22.6 Å². The molecule has 2 fully saturated rings. The van der Waals surface area contributed by atoms with Crippen LogP contribution >= 0.6 is 0 Å². The lowest BCUT2D eigenvalue weighted by Gasteiger charge is -2.23. The molecule has 3 aromatic rings. The van der Waals surface area contributed by atoms with Crippen LogP contribution in [0.15, 0.2) is 78.9 Å². The second-order valence-corrected chi connectivity index (χ2v) is 10.1. The maximum atomic E-state index is 6.14. The fourth-order valence-electron chi connectivity index (χ4n) is 4.59. The molecule has 6 heteroatoms. The highest BCUT2D eigenvalue weighted by Crippen LogP contribution is 2.36. The van der Waals surface area contributed by atoms with Gasteiger partial charge in [-0.2, -0.15) is 0 Å². The Labute approximate surface area is 213 Å². The van der Waals surface area contributed by atoms with Gasteiger partial charge in [-0.1, -0.05) is 54.6 Å². The zero-order valence-corrected chi connectivity index (χ0v) is 21.3. The van der Waals surface area contributed by atoms with Gasteiger partial charge in [0.2, 0.25) is 0 Å². The van der Waals surface area contributed by atoms with Gasteiger partial charge in [-0.3, -0.25) is 0 Å². The van der Waals surface area contributed by atoms with Gasteiger partial charge < -0.3 is 28.4 Å². The molecule has 0 aliphatic carbocycles. The van der Waals surface area contributed by atoms with Gasteiger partial charge in [-0.15, -0.1) is 0 Å². The molecule has 0 amide bonds. The maximum absolute atomic E-state index is 6.14. The first-order valence-corrected chi connectivity index (χ1v) is 12.4. The number of rotatable bonds is 8. The van der Waals surface area contributed by atoms with Crippen molar-refractivity contribution in [3.63, 3.8) is 0 Å². The van der Waals surface area contributed by atoms with E-state index in [4.69, 9.17) is 28.4 Å². The molecule has 2 aliphatic rings. The highest BCUT2D eigenvalue weighted by molar-refractivity contribution is 5.64. The summed E-state index contributed by atoms with van der Waals surface area (Å²) in [4.78, 5) is 0. The summed E-state index contributed by atoms with van der Waals surface area (Å²) < 4.78 is 36.0. The van der Waals surface area contributed by atoms with E-state index in [0.717, 1.165) is 28.2 Å². The third-order valence-corrected chi connectivity index (χ3v) is 6.32. The molecule has 3 aromatic carbocycles. The largest absolute Gasteiger partial charge is 0.491 e. The summed E-state index contributed by atoms with van der Waals surface area (Å²) in [5, 5.41) is 0. The highest BCUT2D eigenvalue weighted by Gasteiger charge is 2.50. The molecule has 5 rings (SSSR count). The van der Waals surface area contributed by atoms with Crippen LogP contribution in [0.4, 0.5) is 0 Å². The quantitative estimate of drug-likeness (QED) is 0.387. The van der Waals surface area contributed by atoms with Gasteiger partial charge in [-0.25, -0.2) is 0 Å². The van der Waals surface area contributed by atoms with Crippen molar-refractivity contribution in [1.82, 2.24) is 0 Å². The van der Waals surface area contributed by atoms with Crippen LogP contribution in [0.3, 0.4) is 0 Å². The zero-order valence-electron chi connectivity index (χ0n) is 21.3. The first-order valence-electron chi connectivity index (χ1n) is 12.4. The van der Waals surface area contributed by atoms with Gasteiger partial charge >= 0.3 is 0 Å². The number of hydrogen-bond donors (Lipinski definition) is 0. The molecule has 0 saturated carbocycles. The Hall–Kier alpha value is -2.90. The van der Waals surface area contributed by atoms with E-state index in [9.17, 15) is 0 Å². The van der Waals surface area contributed by atoms with E-state index in [2.05, 4.69) is 36.4 Å². The van der Waals surface area contributed by atoms with Crippen molar-refractivity contribution in [3.05, 3.63) is 84.4 Å². The Morgan fingerprint density at radius 1 is 0.694 bits per heavy atom. The summed E-state index contributed by atoms with van der Waals surface area (Å²) in [5.41, 5.74) is 3.37. The standard InChI is InChI=1S/C30H34O6/c1-29(2)33-20-27(34-29)28-26(35-30(3,4)36-28)19-32-25-16-12-23(13-17-25)22-10-14-24(15-11-22)31-18-21-8-6-5-7-9-21/h5-17,26-28H,18-20H2,1-4H3/t26-,27-,28+/m1/s1. The summed E-state index contributed by atoms with van der Waals surface area (Å²) in [7, 11) is 0. The van der Waals surface area contributed by atoms with E-state index < -0.39 is 11.6 Å². The molecule has 3 atom stereocenters. The lowest BCUT2D eigenvalue weighted by molar-refractivity contribution is -0.174. The van der Waals surface area contributed by atoms with Crippen molar-refractivity contribution >= 4 is 0 Å². The second kappa shape index (κ2) is 10.2. The molecule has 6 nitrogen and oxygen atoms in total. The van der Waals surface area contributed by atoms with Gasteiger partial charge in [0.05, 0.1) is 6.61 Å². The van der Waals surface area contributed by atoms with Gasteiger partial charge in [0.25, 0.3) is 0 Å². The Morgan fingerprint density at radius 3 is 1.89 bits per heavy atom. The number of hydrogen-bond acceptors (Lipinski definition) is 6. The number of benzene rings is 3. The molecule has 0 radical (unpaired) electrons. The first-order chi connectivity index (χ1) is 17.3. The van der Waals surface area contributed by atoms with E-state index in [1.165, 1.54) is 0 Å². The topological polar surface area (TPSA) is 55.4 Å². The van der Waals surface area contributed by atoms with Crippen LogP contribution < -0.4 is 9.47 Å². The monoisotopic (exact) mass is 490 g/mol. The minimum Gasteiger partial charge on any atom is -0.491 e. The molecule has 2 saturated heterocycles. The van der Waals surface area contributed by atoms with Crippen molar-refractivity contribution in [2.75, 3.05) is 13.2 Å². The molecule has 2 aliphatic heterocycles. The molecular weight excluding hydrogens is 456 g/mol. The molecule has 2 heterocycles. The van der Waals surface area contributed by atoms with E-state index in [1.54, 1.807) is 0 Å². The van der Waals surface area contributed by atoms with Crippen LogP contribution in [0.25, 0.3) is 11.1 Å².